The molecule has 0 amide bonds. The minimum atomic E-state index is -5.48. The number of phenols is 1. The molecule has 5 rings (SSSR count). The summed E-state index contributed by atoms with van der Waals surface area (Å²) in [6.45, 7) is -1.03. The quantitative estimate of drug-likeness (QED) is 0.0309. The Labute approximate surface area is 336 Å². The van der Waals surface area contributed by atoms with Crippen molar-refractivity contribution in [3.8, 4) is 5.75 Å². The van der Waals surface area contributed by atoms with Crippen LogP contribution in [-0.4, -0.2) is 93.6 Å². The monoisotopic (exact) mass is 938 g/mol. The number of benzene rings is 4. The maximum absolute atomic E-state index is 13.6. The first-order chi connectivity index (χ1) is 27.7. The Kier molecular flexibility index (Phi) is 12.9. The van der Waals surface area contributed by atoms with E-state index in [0.29, 0.717) is 12.1 Å². The van der Waals surface area contributed by atoms with Crippen LogP contribution in [0.15, 0.2) is 102 Å². The van der Waals surface area contributed by atoms with Crippen LogP contribution in [0.1, 0.15) is 0 Å². The third-order valence-corrected chi connectivity index (χ3v) is 11.9. The largest absolute Gasteiger partial charge is 0.505 e. The predicted octanol–water partition coefficient (Wildman–Crippen LogP) is 4.53. The fourth-order valence-corrected chi connectivity index (χ4v) is 8.21. The van der Waals surface area contributed by atoms with Crippen LogP contribution < -0.4 is 10.6 Å². The molecule has 0 atom stereocenters. The Bertz CT molecular complexity index is 3150. The highest BCUT2D eigenvalue weighted by Crippen LogP contribution is 2.47. The Morgan fingerprint density at radius 2 is 1.32 bits per heavy atom. The molecule has 0 radical (unpaired) electrons. The van der Waals surface area contributed by atoms with Gasteiger partial charge < -0.3 is 15.7 Å². The summed E-state index contributed by atoms with van der Waals surface area (Å²) in [6, 6.07) is 10.5. The van der Waals surface area contributed by atoms with Crippen LogP contribution in [0.5, 0.6) is 5.75 Å². The van der Waals surface area contributed by atoms with Crippen LogP contribution in [0.3, 0.4) is 0 Å². The molecule has 0 bridgehead atoms. The van der Waals surface area contributed by atoms with Crippen LogP contribution in [0.25, 0.3) is 10.8 Å². The number of nitrogens with zero attached hydrogens (tertiary/aromatic N) is 6. The lowest BCUT2D eigenvalue weighted by Crippen LogP contribution is -2.15. The molecule has 1 aromatic heterocycles. The van der Waals surface area contributed by atoms with Crippen LogP contribution in [0, 0.1) is 12.0 Å². The Morgan fingerprint density at radius 1 is 0.667 bits per heavy atom. The molecule has 0 unspecified atom stereocenters. The van der Waals surface area contributed by atoms with Gasteiger partial charge in [-0.1, -0.05) is 12.1 Å². The van der Waals surface area contributed by atoms with Crippen molar-refractivity contribution in [1.82, 2.24) is 9.97 Å². The van der Waals surface area contributed by atoms with Crippen LogP contribution in [-0.2, 0) is 54.8 Å². The molecule has 0 spiro atoms. The lowest BCUT2D eigenvalue weighted by molar-refractivity contribution is 0.284. The molecule has 0 fully saturated rings. The zero-order valence-corrected chi connectivity index (χ0v) is 33.3. The standard InChI is InChI=1S/C29H24F2N8O16S5/c30-24-13-25(35-29(31)34-24)33-15-5-8-22(58(46,47)48)20(11-15)37-39-27-23(59(49,50)51)12-17-16(28(27)40)6-7-19(32-14-57(43,44)45)26(17)38-36-18-3-1-2-4-21(18)56(41,42)10-9-55-60(52,53)54/h1-8,11-13,32,40H,9-10,14H2,(H,33,34,35)(H,43,44,45)(H,46,47,48)(H,49,50,51)(H,52,53,54). The highest BCUT2D eigenvalue weighted by molar-refractivity contribution is 7.91. The number of halogens is 2. The third kappa shape index (κ3) is 11.5. The number of anilines is 3. The third-order valence-electron chi connectivity index (χ3n) is 7.41. The number of fused-ring (bicyclic) bond motifs is 1. The van der Waals surface area contributed by atoms with E-state index in [1.54, 1.807) is 0 Å². The number of rotatable bonds is 16. The second kappa shape index (κ2) is 17.1. The molecule has 0 aliphatic rings. The molecular formula is C29H24F2N8O16S5. The highest BCUT2D eigenvalue weighted by atomic mass is 32.3. The van der Waals surface area contributed by atoms with Crippen molar-refractivity contribution in [2.24, 2.45) is 20.5 Å². The summed E-state index contributed by atoms with van der Waals surface area (Å²) < 4.78 is 190. The first-order valence-corrected chi connectivity index (χ1v) is 23.1. The van der Waals surface area contributed by atoms with Gasteiger partial charge in [-0.25, -0.2) is 12.6 Å². The fourth-order valence-electron chi connectivity index (χ4n) is 4.98. The maximum Gasteiger partial charge on any atom is 0.397 e. The first-order valence-electron chi connectivity index (χ1n) is 15.6. The number of sulfone groups is 1. The number of hydrogen-bond acceptors (Lipinski definition) is 20. The Morgan fingerprint density at radius 3 is 1.95 bits per heavy atom. The first kappa shape index (κ1) is 45.3. The van der Waals surface area contributed by atoms with Crippen molar-refractivity contribution < 1.29 is 78.4 Å². The molecule has 0 saturated heterocycles. The zero-order valence-electron chi connectivity index (χ0n) is 29.2. The molecule has 7 N–H and O–H groups in total. The van der Waals surface area contributed by atoms with Crippen molar-refractivity contribution >= 4 is 101 Å². The SMILES string of the molecule is O=S(=O)(O)CNc1ccc2c(O)c(N=Nc3cc(Nc4cc(F)nc(F)n4)ccc3S(=O)(=O)O)c(S(=O)(=O)O)cc2c1N=Nc1ccccc1S(=O)(=O)CCOS(=O)(=O)O. The van der Waals surface area contributed by atoms with Gasteiger partial charge in [-0.2, -0.15) is 52.4 Å². The van der Waals surface area contributed by atoms with E-state index in [1.807, 2.05) is 0 Å². The van der Waals surface area contributed by atoms with Gasteiger partial charge in [-0.15, -0.1) is 20.5 Å². The van der Waals surface area contributed by atoms with Crippen molar-refractivity contribution in [1.29, 1.82) is 0 Å². The number of aromatic nitrogens is 2. The summed E-state index contributed by atoms with van der Waals surface area (Å²) >= 11 is 0. The summed E-state index contributed by atoms with van der Waals surface area (Å²) in [5.74, 6) is -5.11. The van der Waals surface area contributed by atoms with Crippen molar-refractivity contribution in [3.63, 3.8) is 0 Å². The molecule has 31 heteroatoms. The van der Waals surface area contributed by atoms with Crippen LogP contribution in [0.4, 0.5) is 48.7 Å². The van der Waals surface area contributed by atoms with Gasteiger partial charge in [0.2, 0.25) is 5.95 Å². The average Bonchev–Trinajstić information content (AvgIpc) is 3.10. The van der Waals surface area contributed by atoms with Gasteiger partial charge in [0.25, 0.3) is 30.4 Å². The van der Waals surface area contributed by atoms with Crippen LogP contribution in [0.2, 0.25) is 0 Å². The van der Waals surface area contributed by atoms with E-state index in [2.05, 4.69) is 45.2 Å². The van der Waals surface area contributed by atoms with E-state index in [0.717, 1.165) is 42.5 Å². The Balaban J connectivity index is 1.69. The summed E-state index contributed by atoms with van der Waals surface area (Å²) in [6.07, 6.45) is -1.48. The van der Waals surface area contributed by atoms with Crippen molar-refractivity contribution in [2.45, 2.75) is 14.7 Å². The lowest BCUT2D eigenvalue weighted by Gasteiger charge is -2.14. The lowest BCUT2D eigenvalue weighted by atomic mass is 10.1. The smallest absolute Gasteiger partial charge is 0.397 e. The maximum atomic E-state index is 13.6. The van der Waals surface area contributed by atoms with Gasteiger partial charge in [0.15, 0.2) is 15.6 Å². The van der Waals surface area contributed by atoms with Gasteiger partial charge in [-0.05, 0) is 48.5 Å². The molecule has 4 aromatic carbocycles. The molecular weight excluding hydrogens is 915 g/mol. The van der Waals surface area contributed by atoms with Crippen molar-refractivity contribution in [3.05, 3.63) is 78.8 Å². The van der Waals surface area contributed by atoms with Gasteiger partial charge >= 0.3 is 16.5 Å². The fraction of sp³-hybridized carbons (Fsp3) is 0.103. The van der Waals surface area contributed by atoms with Crippen LogP contribution >= 0.6 is 0 Å². The minimum Gasteiger partial charge on any atom is -0.505 e. The van der Waals surface area contributed by atoms with E-state index < -0.39 is 141 Å². The van der Waals surface area contributed by atoms with E-state index in [4.69, 9.17) is 4.55 Å². The van der Waals surface area contributed by atoms with Gasteiger partial charge in [0.05, 0.1) is 22.9 Å². The summed E-state index contributed by atoms with van der Waals surface area (Å²) in [5, 5.41) is 30.2. The second-order valence-corrected chi connectivity index (χ2v) is 19.0. The number of phenolic OH excluding ortho intramolecular Hbond substituents is 1. The van der Waals surface area contributed by atoms with Gasteiger partial charge in [0, 0.05) is 22.5 Å². The second-order valence-electron chi connectivity index (χ2n) is 11.6. The molecule has 320 valence electrons. The topological polar surface area (TPSA) is 380 Å². The summed E-state index contributed by atoms with van der Waals surface area (Å²) in [4.78, 5) is 3.32. The molecule has 1 heterocycles. The van der Waals surface area contributed by atoms with E-state index in [9.17, 15) is 69.6 Å². The molecule has 5 aromatic rings. The Hall–Kier alpha value is -5.77. The van der Waals surface area contributed by atoms with Gasteiger partial charge in [-0.3, -0.25) is 18.2 Å². The predicted molar refractivity (Wildman–Crippen MR) is 201 cm³/mol. The normalized spacial score (nSPS) is 13.0. The molecule has 0 aliphatic carbocycles. The van der Waals surface area contributed by atoms with E-state index in [1.165, 1.54) is 12.1 Å². The number of nitrogens with one attached hydrogen (secondary N) is 2. The zero-order chi connectivity index (χ0) is 44.4. The highest BCUT2D eigenvalue weighted by Gasteiger charge is 2.26. The minimum absolute atomic E-state index is 0.188. The number of hydrogen-bond donors (Lipinski definition) is 7. The van der Waals surface area contributed by atoms with E-state index in [-0.39, 0.29) is 11.4 Å². The van der Waals surface area contributed by atoms with Gasteiger partial charge in [0.1, 0.15) is 44.2 Å². The molecule has 60 heavy (non-hydrogen) atoms. The average molecular weight is 939 g/mol. The summed E-state index contributed by atoms with van der Waals surface area (Å²) in [5.41, 5.74) is -3.44. The van der Waals surface area contributed by atoms with E-state index >= 15 is 0 Å². The molecule has 24 nitrogen and oxygen atoms in total. The molecule has 0 saturated carbocycles. The molecule has 0 aliphatic heterocycles. The number of aromatic hydroxyl groups is 1. The number of azo groups is 2. The summed E-state index contributed by atoms with van der Waals surface area (Å²) in [7, 11) is -24.9. The van der Waals surface area contributed by atoms with Crippen molar-refractivity contribution in [2.75, 3.05) is 28.9 Å².